The lowest BCUT2D eigenvalue weighted by Crippen LogP contribution is -2.33. The second-order valence-corrected chi connectivity index (χ2v) is 7.56. The highest BCUT2D eigenvalue weighted by Gasteiger charge is 2.13. The first-order valence-corrected chi connectivity index (χ1v) is 10.3. The van der Waals surface area contributed by atoms with Crippen LogP contribution >= 0.6 is 0 Å². The Hall–Kier alpha value is -3.28. The Morgan fingerprint density at radius 3 is 1.47 bits per heavy atom. The van der Waals surface area contributed by atoms with Gasteiger partial charge in [0.1, 0.15) is 11.5 Å². The molecule has 2 N–H and O–H groups in total. The van der Waals surface area contributed by atoms with Crippen molar-refractivity contribution in [2.24, 2.45) is 0 Å². The molecule has 0 aliphatic heterocycles. The first-order chi connectivity index (χ1) is 14.5. The molecule has 6 heteroatoms. The molecule has 6 nitrogen and oxygen atoms in total. The molecule has 0 fully saturated rings. The number of hydrogen-bond acceptors (Lipinski definition) is 4. The molecule has 0 bridgehead atoms. The van der Waals surface area contributed by atoms with E-state index < -0.39 is 0 Å². The average Bonchev–Trinajstić information content (AvgIpc) is 3.45. The van der Waals surface area contributed by atoms with Crippen LogP contribution in [-0.4, -0.2) is 23.9 Å². The molecule has 2 heterocycles. The first-order valence-electron chi connectivity index (χ1n) is 10.3. The van der Waals surface area contributed by atoms with E-state index >= 15 is 0 Å². The lowest BCUT2D eigenvalue weighted by molar-refractivity contribution is 0.0926. The molecule has 2 amide bonds. The summed E-state index contributed by atoms with van der Waals surface area (Å²) in [6.45, 7) is 3.93. The molecule has 1 aromatic carbocycles. The van der Waals surface area contributed by atoms with Crippen LogP contribution in [0.3, 0.4) is 0 Å². The quantitative estimate of drug-likeness (QED) is 0.522. The maximum Gasteiger partial charge on any atom is 0.251 e. The normalized spacial score (nSPS) is 12.9. The van der Waals surface area contributed by atoms with E-state index in [-0.39, 0.29) is 23.9 Å². The van der Waals surface area contributed by atoms with Crippen molar-refractivity contribution in [2.45, 2.75) is 51.6 Å². The molecule has 0 aliphatic rings. The molecule has 0 saturated heterocycles. The zero-order valence-electron chi connectivity index (χ0n) is 17.4. The number of hydrogen-bond donors (Lipinski definition) is 2. The van der Waals surface area contributed by atoms with Crippen LogP contribution in [0.4, 0.5) is 0 Å². The minimum absolute atomic E-state index is 0.0144. The van der Waals surface area contributed by atoms with Crippen LogP contribution in [-0.2, 0) is 12.8 Å². The van der Waals surface area contributed by atoms with Crippen molar-refractivity contribution in [3.05, 3.63) is 83.7 Å². The second-order valence-electron chi connectivity index (χ2n) is 7.56. The molecular formula is C24H28N2O4. The minimum Gasteiger partial charge on any atom is -0.469 e. The molecule has 158 valence electrons. The van der Waals surface area contributed by atoms with Gasteiger partial charge in [0.25, 0.3) is 11.8 Å². The van der Waals surface area contributed by atoms with Crippen molar-refractivity contribution in [1.82, 2.24) is 10.6 Å². The summed E-state index contributed by atoms with van der Waals surface area (Å²) in [6.07, 6.45) is 6.41. The fraction of sp³-hybridized carbons (Fsp3) is 0.333. The lowest BCUT2D eigenvalue weighted by Gasteiger charge is -2.14. The van der Waals surface area contributed by atoms with Gasteiger partial charge in [0.05, 0.1) is 12.5 Å². The summed E-state index contributed by atoms with van der Waals surface area (Å²) in [5.41, 5.74) is 1.06. The van der Waals surface area contributed by atoms with Crippen molar-refractivity contribution in [3.63, 3.8) is 0 Å². The number of carbonyl (C=O) groups excluding carboxylic acids is 2. The molecular weight excluding hydrogens is 380 g/mol. The van der Waals surface area contributed by atoms with E-state index in [0.29, 0.717) is 11.1 Å². The Kier molecular flexibility index (Phi) is 7.49. The fourth-order valence-electron chi connectivity index (χ4n) is 3.16. The Morgan fingerprint density at radius 2 is 1.13 bits per heavy atom. The van der Waals surface area contributed by atoms with Gasteiger partial charge in [-0.2, -0.15) is 0 Å². The van der Waals surface area contributed by atoms with Gasteiger partial charge in [0.15, 0.2) is 0 Å². The third-order valence-electron chi connectivity index (χ3n) is 4.97. The number of benzene rings is 1. The van der Waals surface area contributed by atoms with Crippen LogP contribution in [0.1, 0.15) is 58.9 Å². The van der Waals surface area contributed by atoms with E-state index in [1.165, 1.54) is 0 Å². The maximum atomic E-state index is 12.4. The summed E-state index contributed by atoms with van der Waals surface area (Å²) in [7, 11) is 0. The number of furan rings is 2. The van der Waals surface area contributed by atoms with Gasteiger partial charge < -0.3 is 19.5 Å². The molecule has 0 saturated carbocycles. The van der Waals surface area contributed by atoms with Crippen molar-refractivity contribution in [3.8, 4) is 0 Å². The lowest BCUT2D eigenvalue weighted by atomic mass is 10.1. The highest BCUT2D eigenvalue weighted by atomic mass is 16.3. The van der Waals surface area contributed by atoms with Gasteiger partial charge in [0, 0.05) is 36.1 Å². The van der Waals surface area contributed by atoms with Crippen LogP contribution in [0, 0.1) is 0 Å². The first kappa shape index (κ1) is 21.4. The predicted molar refractivity (Wildman–Crippen MR) is 114 cm³/mol. The standard InChI is InChI=1S/C24H28N2O4/c1-17(7-13-21-5-3-15-29-21)25-23(27)19-9-11-20(12-10-19)24(28)26-18(2)8-14-22-6-4-16-30-22/h3-6,9-12,15-18H,7-8,13-14H2,1-2H3,(H,25,27)(H,26,28). The van der Waals surface area contributed by atoms with Gasteiger partial charge in [-0.05, 0) is 75.2 Å². The number of amides is 2. The molecule has 30 heavy (non-hydrogen) atoms. The topological polar surface area (TPSA) is 84.5 Å². The second kappa shape index (κ2) is 10.5. The number of nitrogens with one attached hydrogen (secondary N) is 2. The van der Waals surface area contributed by atoms with Crippen molar-refractivity contribution >= 4 is 11.8 Å². The maximum absolute atomic E-state index is 12.4. The molecule has 0 aliphatic carbocycles. The van der Waals surface area contributed by atoms with E-state index in [4.69, 9.17) is 8.83 Å². The van der Waals surface area contributed by atoms with Gasteiger partial charge in [0.2, 0.25) is 0 Å². The molecule has 0 spiro atoms. The number of rotatable bonds is 10. The highest BCUT2D eigenvalue weighted by Crippen LogP contribution is 2.10. The summed E-state index contributed by atoms with van der Waals surface area (Å²) in [6, 6.07) is 14.3. The van der Waals surface area contributed by atoms with Crippen molar-refractivity contribution < 1.29 is 18.4 Å². The predicted octanol–water partition coefficient (Wildman–Crippen LogP) is 4.37. The van der Waals surface area contributed by atoms with Crippen LogP contribution in [0.15, 0.2) is 69.9 Å². The summed E-state index contributed by atoms with van der Waals surface area (Å²) in [5, 5.41) is 5.96. The molecule has 2 unspecified atom stereocenters. The van der Waals surface area contributed by atoms with Crippen molar-refractivity contribution in [1.29, 1.82) is 0 Å². The summed E-state index contributed by atoms with van der Waals surface area (Å²) in [5.74, 6) is 1.51. The van der Waals surface area contributed by atoms with Crippen LogP contribution in [0.2, 0.25) is 0 Å². The van der Waals surface area contributed by atoms with E-state index in [9.17, 15) is 9.59 Å². The Bertz CT molecular complexity index is 838. The van der Waals surface area contributed by atoms with Gasteiger partial charge in [-0.25, -0.2) is 0 Å². The smallest absolute Gasteiger partial charge is 0.251 e. The molecule has 0 radical (unpaired) electrons. The third-order valence-corrected chi connectivity index (χ3v) is 4.97. The fourth-order valence-corrected chi connectivity index (χ4v) is 3.16. The number of aryl methyl sites for hydroxylation is 2. The zero-order chi connectivity index (χ0) is 21.3. The summed E-state index contributed by atoms with van der Waals surface area (Å²) < 4.78 is 10.6. The summed E-state index contributed by atoms with van der Waals surface area (Å²) >= 11 is 0. The van der Waals surface area contributed by atoms with Gasteiger partial charge in [-0.3, -0.25) is 9.59 Å². The van der Waals surface area contributed by atoms with E-state index in [1.807, 2.05) is 38.1 Å². The van der Waals surface area contributed by atoms with Crippen LogP contribution in [0.25, 0.3) is 0 Å². The van der Waals surface area contributed by atoms with Crippen LogP contribution < -0.4 is 10.6 Å². The van der Waals surface area contributed by atoms with Gasteiger partial charge in [-0.15, -0.1) is 0 Å². The molecule has 3 rings (SSSR count). The Balaban J connectivity index is 1.44. The average molecular weight is 408 g/mol. The largest absolute Gasteiger partial charge is 0.469 e. The highest BCUT2D eigenvalue weighted by molar-refractivity contribution is 5.98. The monoisotopic (exact) mass is 408 g/mol. The molecule has 3 aromatic rings. The van der Waals surface area contributed by atoms with E-state index in [2.05, 4.69) is 10.6 Å². The van der Waals surface area contributed by atoms with E-state index in [1.54, 1.807) is 36.8 Å². The molecule has 2 atom stereocenters. The zero-order valence-corrected chi connectivity index (χ0v) is 17.4. The third kappa shape index (κ3) is 6.37. The SMILES string of the molecule is CC(CCc1ccco1)NC(=O)c1ccc(C(=O)NC(C)CCc2ccco2)cc1. The minimum atomic E-state index is -0.152. The van der Waals surface area contributed by atoms with Crippen molar-refractivity contribution in [2.75, 3.05) is 0 Å². The van der Waals surface area contributed by atoms with E-state index in [0.717, 1.165) is 37.2 Å². The summed E-state index contributed by atoms with van der Waals surface area (Å²) in [4.78, 5) is 24.9. The van der Waals surface area contributed by atoms with Gasteiger partial charge in [-0.1, -0.05) is 0 Å². The van der Waals surface area contributed by atoms with Gasteiger partial charge >= 0.3 is 0 Å². The Morgan fingerprint density at radius 1 is 0.733 bits per heavy atom. The number of carbonyl (C=O) groups is 2. The van der Waals surface area contributed by atoms with Crippen LogP contribution in [0.5, 0.6) is 0 Å². The molecule has 2 aromatic heterocycles. The Labute approximate surface area is 176 Å².